The van der Waals surface area contributed by atoms with Gasteiger partial charge in [0.05, 0.1) is 18.3 Å². The van der Waals surface area contributed by atoms with Crippen molar-refractivity contribution in [3.8, 4) is 5.75 Å². The Labute approximate surface area is 108 Å². The molecule has 98 valence electrons. The number of rotatable bonds is 3. The molecule has 1 heterocycles. The second-order valence-electron chi connectivity index (χ2n) is 5.41. The van der Waals surface area contributed by atoms with Gasteiger partial charge < -0.3 is 14.2 Å². The van der Waals surface area contributed by atoms with E-state index in [4.69, 9.17) is 14.2 Å². The summed E-state index contributed by atoms with van der Waals surface area (Å²) in [7, 11) is 1.09. The molecule has 0 atom stereocenters. The van der Waals surface area contributed by atoms with Gasteiger partial charge in [0.15, 0.2) is 5.75 Å². The Morgan fingerprint density at radius 2 is 1.67 bits per heavy atom. The van der Waals surface area contributed by atoms with E-state index in [9.17, 15) is 0 Å². The largest absolute Gasteiger partial charge is 0.494 e. The average molecular weight is 250 g/mol. The van der Waals surface area contributed by atoms with Crippen molar-refractivity contribution in [2.75, 3.05) is 7.11 Å². The summed E-state index contributed by atoms with van der Waals surface area (Å²) >= 11 is 0. The summed E-state index contributed by atoms with van der Waals surface area (Å²) in [6.45, 7) is 8.12. The maximum Gasteiger partial charge on any atom is 0.494 e. The minimum absolute atomic E-state index is 0.338. The van der Waals surface area contributed by atoms with Gasteiger partial charge in [0.1, 0.15) is 0 Å². The SMILES string of the molecule is COOc1cccc(B2OC(C)(C)C(C)(C)O2)c1. The summed E-state index contributed by atoms with van der Waals surface area (Å²) in [5.74, 6) is 0.629. The van der Waals surface area contributed by atoms with Crippen molar-refractivity contribution >= 4 is 12.6 Å². The van der Waals surface area contributed by atoms with Crippen LogP contribution in [0.3, 0.4) is 0 Å². The van der Waals surface area contributed by atoms with E-state index in [2.05, 4.69) is 4.89 Å². The van der Waals surface area contributed by atoms with E-state index in [1.165, 1.54) is 7.11 Å². The highest BCUT2D eigenvalue weighted by molar-refractivity contribution is 6.62. The molecule has 0 spiro atoms. The molecule has 1 aromatic carbocycles. The van der Waals surface area contributed by atoms with Crippen LogP contribution in [0.1, 0.15) is 27.7 Å². The Balaban J connectivity index is 2.21. The van der Waals surface area contributed by atoms with Crippen molar-refractivity contribution in [3.05, 3.63) is 24.3 Å². The second kappa shape index (κ2) is 4.57. The predicted molar refractivity (Wildman–Crippen MR) is 69.8 cm³/mol. The molecule has 1 aliphatic heterocycles. The molecule has 0 amide bonds. The maximum atomic E-state index is 5.96. The van der Waals surface area contributed by atoms with Crippen LogP contribution in [0.15, 0.2) is 24.3 Å². The zero-order valence-corrected chi connectivity index (χ0v) is 11.5. The molecule has 0 saturated carbocycles. The van der Waals surface area contributed by atoms with Crippen LogP contribution in [-0.2, 0) is 14.2 Å². The Hall–Kier alpha value is -1.04. The van der Waals surface area contributed by atoms with Gasteiger partial charge in [-0.3, -0.25) is 0 Å². The van der Waals surface area contributed by atoms with Crippen molar-refractivity contribution in [3.63, 3.8) is 0 Å². The van der Waals surface area contributed by atoms with E-state index in [0.717, 1.165) is 5.46 Å². The third-order valence-electron chi connectivity index (χ3n) is 3.56. The van der Waals surface area contributed by atoms with Crippen LogP contribution in [0.2, 0.25) is 0 Å². The molecular weight excluding hydrogens is 231 g/mol. The van der Waals surface area contributed by atoms with E-state index in [1.807, 2.05) is 52.0 Å². The third kappa shape index (κ3) is 2.39. The zero-order valence-electron chi connectivity index (χ0n) is 11.5. The molecule has 0 N–H and O–H groups in total. The quantitative estimate of drug-likeness (QED) is 0.466. The van der Waals surface area contributed by atoms with Crippen LogP contribution in [-0.4, -0.2) is 25.4 Å². The molecule has 0 aromatic heterocycles. The molecule has 4 nitrogen and oxygen atoms in total. The van der Waals surface area contributed by atoms with Crippen molar-refractivity contribution < 1.29 is 19.1 Å². The normalized spacial score (nSPS) is 21.1. The predicted octanol–water partition coefficient (Wildman–Crippen LogP) is 1.93. The molecule has 18 heavy (non-hydrogen) atoms. The number of hydrogen-bond donors (Lipinski definition) is 0. The van der Waals surface area contributed by atoms with Crippen LogP contribution in [0.4, 0.5) is 0 Å². The molecule has 1 aliphatic rings. The lowest BCUT2D eigenvalue weighted by Crippen LogP contribution is -2.41. The highest BCUT2D eigenvalue weighted by Crippen LogP contribution is 2.36. The molecule has 1 fully saturated rings. The lowest BCUT2D eigenvalue weighted by Gasteiger charge is -2.32. The van der Waals surface area contributed by atoms with Gasteiger partial charge in [-0.2, -0.15) is 4.89 Å². The topological polar surface area (TPSA) is 36.9 Å². The molecule has 0 bridgehead atoms. The first kappa shape index (κ1) is 13.4. The van der Waals surface area contributed by atoms with Crippen LogP contribution in [0.5, 0.6) is 5.75 Å². The van der Waals surface area contributed by atoms with E-state index >= 15 is 0 Å². The van der Waals surface area contributed by atoms with E-state index in [0.29, 0.717) is 5.75 Å². The lowest BCUT2D eigenvalue weighted by atomic mass is 9.79. The fourth-order valence-electron chi connectivity index (χ4n) is 1.79. The molecule has 1 saturated heterocycles. The minimum atomic E-state index is -0.379. The Bertz CT molecular complexity index is 415. The molecule has 2 rings (SSSR count). The maximum absolute atomic E-state index is 5.96. The van der Waals surface area contributed by atoms with E-state index < -0.39 is 0 Å². The van der Waals surface area contributed by atoms with E-state index in [-0.39, 0.29) is 18.3 Å². The van der Waals surface area contributed by atoms with Gasteiger partial charge in [-0.25, -0.2) is 0 Å². The van der Waals surface area contributed by atoms with Crippen molar-refractivity contribution in [2.24, 2.45) is 0 Å². The molecule has 0 aliphatic carbocycles. The van der Waals surface area contributed by atoms with Crippen molar-refractivity contribution in [1.82, 2.24) is 0 Å². The molecular formula is C13H19BO4. The van der Waals surface area contributed by atoms with Crippen LogP contribution < -0.4 is 10.4 Å². The van der Waals surface area contributed by atoms with Crippen LogP contribution in [0, 0.1) is 0 Å². The summed E-state index contributed by atoms with van der Waals surface area (Å²) < 4.78 is 11.9. The Morgan fingerprint density at radius 3 is 2.22 bits per heavy atom. The van der Waals surface area contributed by atoms with Gasteiger partial charge in [0.2, 0.25) is 0 Å². The van der Waals surface area contributed by atoms with Gasteiger partial charge in [-0.05, 0) is 45.3 Å². The summed E-state index contributed by atoms with van der Waals surface area (Å²) in [4.78, 5) is 9.64. The van der Waals surface area contributed by atoms with E-state index in [1.54, 1.807) is 0 Å². The highest BCUT2D eigenvalue weighted by Gasteiger charge is 2.51. The standard InChI is InChI=1S/C13H19BO4/c1-12(2)13(3,4)18-14(17-12)10-7-6-8-11(9-10)16-15-5/h6-9H,1-5H3. The fraction of sp³-hybridized carbons (Fsp3) is 0.538. The fourth-order valence-corrected chi connectivity index (χ4v) is 1.79. The molecule has 0 unspecified atom stereocenters. The van der Waals surface area contributed by atoms with Crippen LogP contribution >= 0.6 is 0 Å². The first-order chi connectivity index (χ1) is 8.36. The monoisotopic (exact) mass is 250 g/mol. The summed E-state index contributed by atoms with van der Waals surface area (Å²) in [5.41, 5.74) is 0.245. The summed E-state index contributed by atoms with van der Waals surface area (Å²) in [6, 6.07) is 7.50. The summed E-state index contributed by atoms with van der Waals surface area (Å²) in [5, 5.41) is 0. The van der Waals surface area contributed by atoms with Crippen molar-refractivity contribution in [2.45, 2.75) is 38.9 Å². The zero-order chi connectivity index (χ0) is 13.4. The first-order valence-electron chi connectivity index (χ1n) is 6.02. The van der Waals surface area contributed by atoms with Gasteiger partial charge in [-0.1, -0.05) is 12.1 Å². The Morgan fingerprint density at radius 1 is 1.06 bits per heavy atom. The smallest absolute Gasteiger partial charge is 0.399 e. The van der Waals surface area contributed by atoms with Gasteiger partial charge in [0.25, 0.3) is 0 Å². The average Bonchev–Trinajstić information content (AvgIpc) is 2.49. The minimum Gasteiger partial charge on any atom is -0.399 e. The van der Waals surface area contributed by atoms with Gasteiger partial charge in [0, 0.05) is 0 Å². The lowest BCUT2D eigenvalue weighted by molar-refractivity contribution is -0.178. The van der Waals surface area contributed by atoms with Crippen molar-refractivity contribution in [1.29, 1.82) is 0 Å². The number of hydrogen-bond acceptors (Lipinski definition) is 4. The Kier molecular flexibility index (Phi) is 3.40. The molecule has 1 aromatic rings. The molecule has 5 heteroatoms. The molecule has 0 radical (unpaired) electrons. The highest BCUT2D eigenvalue weighted by atomic mass is 17.2. The number of benzene rings is 1. The second-order valence-corrected chi connectivity index (χ2v) is 5.41. The first-order valence-corrected chi connectivity index (χ1v) is 6.02. The summed E-state index contributed by atoms with van der Waals surface area (Å²) in [6.07, 6.45) is 0. The van der Waals surface area contributed by atoms with Gasteiger partial charge >= 0.3 is 7.12 Å². The van der Waals surface area contributed by atoms with Crippen LogP contribution in [0.25, 0.3) is 0 Å². The third-order valence-corrected chi connectivity index (χ3v) is 3.56. The van der Waals surface area contributed by atoms with Gasteiger partial charge in [-0.15, -0.1) is 0 Å².